The molecule has 1 N–H and O–H groups in total. The average Bonchev–Trinajstić information content (AvgIpc) is 2.96. The zero-order valence-corrected chi connectivity index (χ0v) is 12.0. The molecule has 1 heterocycles. The molecule has 5 nitrogen and oxygen atoms in total. The van der Waals surface area contributed by atoms with Gasteiger partial charge in [-0.3, -0.25) is 9.74 Å². The van der Waals surface area contributed by atoms with Gasteiger partial charge in [-0.2, -0.15) is 0 Å². The van der Waals surface area contributed by atoms with Gasteiger partial charge >= 0.3 is 6.09 Å². The molecule has 1 aromatic rings. The van der Waals surface area contributed by atoms with E-state index in [0.29, 0.717) is 11.6 Å². The highest BCUT2D eigenvalue weighted by molar-refractivity contribution is 6.30. The number of oxime groups is 1. The normalized spacial score (nSPS) is 15.7. The molecule has 2 rings (SSSR count). The number of nitrogens with zero attached hydrogens (tertiary/aromatic N) is 2. The molecule has 0 bridgehead atoms. The van der Waals surface area contributed by atoms with Crippen molar-refractivity contribution in [3.8, 4) is 0 Å². The zero-order valence-electron chi connectivity index (χ0n) is 11.2. The second-order valence-corrected chi connectivity index (χ2v) is 5.09. The van der Waals surface area contributed by atoms with E-state index in [4.69, 9.17) is 16.4 Å². The number of benzene rings is 1. The number of hydrogen-bond donors (Lipinski definition) is 1. The molecular weight excluding hydrogens is 278 g/mol. The Balaban J connectivity index is 1.62. The topological polar surface area (TPSA) is 53.9 Å². The summed E-state index contributed by atoms with van der Waals surface area (Å²) in [4.78, 5) is 18.4. The molecule has 1 aliphatic heterocycles. The minimum absolute atomic E-state index is 0.387. The van der Waals surface area contributed by atoms with Gasteiger partial charge in [-0.05, 0) is 43.6 Å². The van der Waals surface area contributed by atoms with Crippen LogP contribution in [0.25, 0.3) is 0 Å². The van der Waals surface area contributed by atoms with Gasteiger partial charge in [0.1, 0.15) is 0 Å². The number of hydrogen-bond acceptors (Lipinski definition) is 4. The van der Waals surface area contributed by atoms with E-state index >= 15 is 0 Å². The van der Waals surface area contributed by atoms with Crippen molar-refractivity contribution in [1.82, 2.24) is 10.2 Å². The number of rotatable bonds is 5. The van der Waals surface area contributed by atoms with Crippen LogP contribution in [0.5, 0.6) is 0 Å². The van der Waals surface area contributed by atoms with Crippen LogP contribution in [0.4, 0.5) is 4.79 Å². The van der Waals surface area contributed by atoms with Crippen molar-refractivity contribution in [3.63, 3.8) is 0 Å². The molecule has 0 aliphatic carbocycles. The van der Waals surface area contributed by atoms with Crippen LogP contribution >= 0.6 is 11.6 Å². The summed E-state index contributed by atoms with van der Waals surface area (Å²) in [6.07, 6.45) is 3.53. The Morgan fingerprint density at radius 2 is 2.05 bits per heavy atom. The van der Waals surface area contributed by atoms with Crippen molar-refractivity contribution in [2.24, 2.45) is 5.16 Å². The molecule has 1 aliphatic rings. The lowest BCUT2D eigenvalue weighted by molar-refractivity contribution is 0.150. The average molecular weight is 296 g/mol. The maximum absolute atomic E-state index is 11.4. The van der Waals surface area contributed by atoms with E-state index in [0.717, 1.165) is 25.2 Å². The first-order chi connectivity index (χ1) is 9.74. The molecule has 0 saturated carbocycles. The van der Waals surface area contributed by atoms with E-state index in [1.165, 1.54) is 12.8 Å². The van der Waals surface area contributed by atoms with Gasteiger partial charge in [-0.15, -0.1) is 0 Å². The van der Waals surface area contributed by atoms with E-state index in [-0.39, 0.29) is 0 Å². The maximum atomic E-state index is 11.4. The smallest absolute Gasteiger partial charge is 0.316 e. The third kappa shape index (κ3) is 5.19. The van der Waals surface area contributed by atoms with Crippen LogP contribution in [-0.2, 0) is 11.4 Å². The number of carbonyl (C=O) groups is 1. The predicted octanol–water partition coefficient (Wildman–Crippen LogP) is 2.65. The second kappa shape index (κ2) is 7.87. The molecule has 1 fully saturated rings. The minimum atomic E-state index is -0.558. The molecule has 0 unspecified atom stereocenters. The van der Waals surface area contributed by atoms with Gasteiger partial charge in [-0.25, -0.2) is 4.79 Å². The summed E-state index contributed by atoms with van der Waals surface area (Å²) in [6.45, 7) is 3.30. The summed E-state index contributed by atoms with van der Waals surface area (Å²) in [6, 6.07) is 7.24. The summed E-state index contributed by atoms with van der Waals surface area (Å²) >= 11 is 5.78. The van der Waals surface area contributed by atoms with Crippen LogP contribution in [0.1, 0.15) is 18.4 Å². The Labute approximate surface area is 123 Å². The Kier molecular flexibility index (Phi) is 5.83. The Morgan fingerprint density at radius 3 is 2.75 bits per heavy atom. The third-order valence-electron chi connectivity index (χ3n) is 3.10. The lowest BCUT2D eigenvalue weighted by Gasteiger charge is -2.09. The fraction of sp³-hybridized carbons (Fsp3) is 0.429. The predicted molar refractivity (Wildman–Crippen MR) is 78.9 cm³/mol. The molecule has 1 amide bonds. The van der Waals surface area contributed by atoms with Crippen LogP contribution in [0.15, 0.2) is 29.4 Å². The van der Waals surface area contributed by atoms with E-state index in [1.54, 1.807) is 18.3 Å². The molecule has 0 atom stereocenters. The van der Waals surface area contributed by atoms with Crippen LogP contribution in [0.2, 0.25) is 5.02 Å². The van der Waals surface area contributed by atoms with Gasteiger partial charge in [-0.1, -0.05) is 28.9 Å². The second-order valence-electron chi connectivity index (χ2n) is 4.65. The lowest BCUT2D eigenvalue weighted by atomic mass is 10.2. The van der Waals surface area contributed by atoms with Gasteiger partial charge in [0, 0.05) is 18.1 Å². The molecule has 1 aromatic carbocycles. The largest absolute Gasteiger partial charge is 0.433 e. The number of halogens is 1. The number of amides is 1. The molecular formula is C14H18ClN3O2. The van der Waals surface area contributed by atoms with Crippen molar-refractivity contribution in [1.29, 1.82) is 0 Å². The number of nitrogens with one attached hydrogen (secondary N) is 1. The van der Waals surface area contributed by atoms with Crippen molar-refractivity contribution >= 4 is 23.9 Å². The van der Waals surface area contributed by atoms with Gasteiger partial charge in [0.15, 0.2) is 0 Å². The number of likely N-dealkylation sites (tertiary alicyclic amines) is 1. The summed E-state index contributed by atoms with van der Waals surface area (Å²) in [7, 11) is 0. The van der Waals surface area contributed by atoms with Crippen molar-refractivity contribution in [3.05, 3.63) is 34.9 Å². The van der Waals surface area contributed by atoms with Crippen molar-refractivity contribution < 1.29 is 9.63 Å². The standard InChI is InChI=1S/C14H18ClN3O2/c15-13-5-3-12(4-6-13)11-16-14(19)20-17-7-10-18-8-1-2-9-18/h3-7H,1-2,8-11H2,(H,16,19). The van der Waals surface area contributed by atoms with Crippen LogP contribution in [0, 0.1) is 0 Å². The summed E-state index contributed by atoms with van der Waals surface area (Å²) in [5.41, 5.74) is 0.951. The van der Waals surface area contributed by atoms with Crippen LogP contribution in [-0.4, -0.2) is 36.8 Å². The SMILES string of the molecule is O=C(NCc1ccc(Cl)cc1)ON=CCN1CCCC1. The maximum Gasteiger partial charge on any atom is 0.433 e. The van der Waals surface area contributed by atoms with Gasteiger partial charge < -0.3 is 5.32 Å². The fourth-order valence-electron chi connectivity index (χ4n) is 2.01. The number of carbonyl (C=O) groups excluding carboxylic acids is 1. The van der Waals surface area contributed by atoms with E-state index < -0.39 is 6.09 Å². The van der Waals surface area contributed by atoms with E-state index in [9.17, 15) is 4.79 Å². The highest BCUT2D eigenvalue weighted by Gasteiger charge is 2.09. The van der Waals surface area contributed by atoms with Gasteiger partial charge in [0.25, 0.3) is 0 Å². The first kappa shape index (κ1) is 14.8. The van der Waals surface area contributed by atoms with Crippen molar-refractivity contribution in [2.75, 3.05) is 19.6 Å². The minimum Gasteiger partial charge on any atom is -0.316 e. The molecule has 0 spiro atoms. The third-order valence-corrected chi connectivity index (χ3v) is 3.35. The van der Waals surface area contributed by atoms with Gasteiger partial charge in [0.2, 0.25) is 0 Å². The molecule has 0 radical (unpaired) electrons. The van der Waals surface area contributed by atoms with Crippen LogP contribution < -0.4 is 5.32 Å². The first-order valence-corrected chi connectivity index (χ1v) is 7.05. The molecule has 20 heavy (non-hydrogen) atoms. The molecule has 6 heteroatoms. The van der Waals surface area contributed by atoms with E-state index in [1.807, 2.05) is 12.1 Å². The van der Waals surface area contributed by atoms with Crippen LogP contribution in [0.3, 0.4) is 0 Å². The quantitative estimate of drug-likeness (QED) is 0.516. The monoisotopic (exact) mass is 295 g/mol. The fourth-order valence-corrected chi connectivity index (χ4v) is 2.13. The molecule has 108 valence electrons. The van der Waals surface area contributed by atoms with E-state index in [2.05, 4.69) is 15.4 Å². The Morgan fingerprint density at radius 1 is 1.35 bits per heavy atom. The van der Waals surface area contributed by atoms with Gasteiger partial charge in [0.05, 0.1) is 6.21 Å². The highest BCUT2D eigenvalue weighted by atomic mass is 35.5. The Hall–Kier alpha value is -1.59. The summed E-state index contributed by atoms with van der Waals surface area (Å²) < 4.78 is 0. The molecule has 0 aromatic heterocycles. The molecule has 1 saturated heterocycles. The van der Waals surface area contributed by atoms with Crippen molar-refractivity contribution in [2.45, 2.75) is 19.4 Å². The lowest BCUT2D eigenvalue weighted by Crippen LogP contribution is -2.23. The summed E-state index contributed by atoms with van der Waals surface area (Å²) in [5.74, 6) is 0. The zero-order chi connectivity index (χ0) is 14.2. The highest BCUT2D eigenvalue weighted by Crippen LogP contribution is 2.09. The first-order valence-electron chi connectivity index (χ1n) is 6.67. The Bertz CT molecular complexity index is 456. The summed E-state index contributed by atoms with van der Waals surface area (Å²) in [5, 5.41) is 6.95.